The minimum atomic E-state index is -0.352. The van der Waals surface area contributed by atoms with Crippen LogP contribution in [0.5, 0.6) is 0 Å². The van der Waals surface area contributed by atoms with Crippen LogP contribution >= 0.6 is 0 Å². The van der Waals surface area contributed by atoms with Gasteiger partial charge in [0, 0.05) is 19.5 Å². The van der Waals surface area contributed by atoms with Crippen LogP contribution in [0.3, 0.4) is 0 Å². The van der Waals surface area contributed by atoms with Crippen molar-refractivity contribution in [3.05, 3.63) is 88.4 Å². The van der Waals surface area contributed by atoms with Crippen LogP contribution in [0.1, 0.15) is 24.2 Å². The monoisotopic (exact) mass is 433 g/mol. The average Bonchev–Trinajstić information content (AvgIpc) is 3.21. The van der Waals surface area contributed by atoms with E-state index < -0.39 is 0 Å². The molecule has 0 saturated carbocycles. The summed E-state index contributed by atoms with van der Waals surface area (Å²) >= 11 is 0. The smallest absolute Gasteiger partial charge is 0.264 e. The van der Waals surface area contributed by atoms with E-state index in [2.05, 4.69) is 27.5 Å². The van der Waals surface area contributed by atoms with Crippen LogP contribution in [0.4, 0.5) is 4.39 Å². The number of halogens is 1. The number of nitrogens with one attached hydrogen (secondary N) is 1. The van der Waals surface area contributed by atoms with Crippen LogP contribution in [-0.2, 0) is 17.8 Å². The molecule has 2 aromatic heterocycles. The third-order valence-corrected chi connectivity index (χ3v) is 5.32. The summed E-state index contributed by atoms with van der Waals surface area (Å²) in [6.07, 6.45) is 3.39. The topological polar surface area (TPSA) is 81.8 Å². The van der Waals surface area contributed by atoms with E-state index in [4.69, 9.17) is 0 Å². The second-order valence-electron chi connectivity index (χ2n) is 7.57. The summed E-state index contributed by atoms with van der Waals surface area (Å²) in [5.41, 5.74) is 2.00. The molecule has 0 saturated heterocycles. The number of benzene rings is 2. The predicted octanol–water partition coefficient (Wildman–Crippen LogP) is 3.17. The average molecular weight is 433 g/mol. The Morgan fingerprint density at radius 3 is 2.59 bits per heavy atom. The van der Waals surface area contributed by atoms with Gasteiger partial charge in [-0.25, -0.2) is 14.1 Å². The molecule has 2 aromatic carbocycles. The lowest BCUT2D eigenvalue weighted by atomic mass is 10.1. The van der Waals surface area contributed by atoms with Crippen molar-refractivity contribution in [3.63, 3.8) is 0 Å². The number of aromatic nitrogens is 4. The summed E-state index contributed by atoms with van der Waals surface area (Å²) < 4.78 is 16.2. The van der Waals surface area contributed by atoms with Gasteiger partial charge >= 0.3 is 0 Å². The maximum Gasteiger partial charge on any atom is 0.264 e. The van der Waals surface area contributed by atoms with Gasteiger partial charge in [-0.05, 0) is 49.6 Å². The highest BCUT2D eigenvalue weighted by atomic mass is 19.1. The molecular weight excluding hydrogens is 409 g/mol. The molecule has 2 heterocycles. The molecule has 0 unspecified atom stereocenters. The molecule has 0 aliphatic carbocycles. The van der Waals surface area contributed by atoms with Crippen molar-refractivity contribution in [1.29, 1.82) is 0 Å². The van der Waals surface area contributed by atoms with Gasteiger partial charge in [0.25, 0.3) is 5.56 Å². The first-order valence-corrected chi connectivity index (χ1v) is 10.5. The molecular formula is C24H24FN5O2. The number of rotatable bonds is 8. The van der Waals surface area contributed by atoms with Crippen LogP contribution in [0.2, 0.25) is 0 Å². The second kappa shape index (κ2) is 9.55. The Balaban J connectivity index is 1.39. The lowest BCUT2D eigenvalue weighted by Crippen LogP contribution is -2.29. The third kappa shape index (κ3) is 4.74. The van der Waals surface area contributed by atoms with Crippen molar-refractivity contribution in [3.8, 4) is 5.69 Å². The van der Waals surface area contributed by atoms with E-state index in [0.717, 1.165) is 12.8 Å². The van der Waals surface area contributed by atoms with Crippen LogP contribution in [0.25, 0.3) is 16.7 Å². The van der Waals surface area contributed by atoms with Crippen LogP contribution in [0, 0.1) is 12.7 Å². The number of amides is 1. The lowest BCUT2D eigenvalue weighted by molar-refractivity contribution is -0.121. The highest BCUT2D eigenvalue weighted by Gasteiger charge is 2.15. The first-order chi connectivity index (χ1) is 15.5. The van der Waals surface area contributed by atoms with Crippen molar-refractivity contribution in [2.75, 3.05) is 6.54 Å². The molecule has 7 nitrogen and oxygen atoms in total. The van der Waals surface area contributed by atoms with Gasteiger partial charge in [0.05, 0.1) is 11.9 Å². The zero-order chi connectivity index (χ0) is 22.5. The van der Waals surface area contributed by atoms with Gasteiger partial charge in [-0.1, -0.05) is 30.3 Å². The molecule has 0 aliphatic heterocycles. The highest BCUT2D eigenvalue weighted by Crippen LogP contribution is 2.15. The summed E-state index contributed by atoms with van der Waals surface area (Å²) in [6, 6.07) is 15.9. The van der Waals surface area contributed by atoms with Gasteiger partial charge in [0.2, 0.25) is 5.91 Å². The molecule has 0 spiro atoms. The Bertz CT molecular complexity index is 1280. The normalized spacial score (nSPS) is 11.1. The summed E-state index contributed by atoms with van der Waals surface area (Å²) in [5, 5.41) is 7.51. The summed E-state index contributed by atoms with van der Waals surface area (Å²) in [4.78, 5) is 29.7. The zero-order valence-corrected chi connectivity index (χ0v) is 17.8. The van der Waals surface area contributed by atoms with Gasteiger partial charge in [0.15, 0.2) is 5.65 Å². The Labute approximate surface area is 184 Å². The standard InChI is InChI=1S/C24H24FN5O2/c1-17-28-23-21(16-27-30(23)20-11-9-19(25)10-12-20)24(32)29(17)15-13-22(31)26-14-5-8-18-6-3-2-4-7-18/h2-4,6-7,9-12,16H,5,8,13-15H2,1H3,(H,26,31). The van der Waals surface area contributed by atoms with Gasteiger partial charge in [0.1, 0.15) is 17.0 Å². The zero-order valence-electron chi connectivity index (χ0n) is 17.8. The van der Waals surface area contributed by atoms with E-state index in [1.165, 1.54) is 33.1 Å². The maximum absolute atomic E-state index is 13.2. The van der Waals surface area contributed by atoms with Crippen LogP contribution in [-0.4, -0.2) is 31.8 Å². The maximum atomic E-state index is 13.2. The van der Waals surface area contributed by atoms with Gasteiger partial charge in [-0.15, -0.1) is 0 Å². The summed E-state index contributed by atoms with van der Waals surface area (Å²) in [6.45, 7) is 2.55. The lowest BCUT2D eigenvalue weighted by Gasteiger charge is -2.11. The van der Waals surface area contributed by atoms with Crippen molar-refractivity contribution < 1.29 is 9.18 Å². The summed E-state index contributed by atoms with van der Waals surface area (Å²) in [5.74, 6) is 0.0322. The van der Waals surface area contributed by atoms with Gasteiger partial charge in [-0.3, -0.25) is 14.2 Å². The summed E-state index contributed by atoms with van der Waals surface area (Å²) in [7, 11) is 0. The highest BCUT2D eigenvalue weighted by molar-refractivity contribution is 5.76. The fourth-order valence-corrected chi connectivity index (χ4v) is 3.61. The minimum absolute atomic E-state index is 0.105. The molecule has 8 heteroatoms. The van der Waals surface area contributed by atoms with Crippen molar-refractivity contribution >= 4 is 16.9 Å². The Morgan fingerprint density at radius 1 is 1.09 bits per heavy atom. The fraction of sp³-hybridized carbons (Fsp3) is 0.250. The number of carbonyl (C=O) groups excluding carboxylic acids is 1. The molecule has 4 aromatic rings. The van der Waals surface area contributed by atoms with E-state index in [-0.39, 0.29) is 30.2 Å². The first kappa shape index (κ1) is 21.4. The number of carbonyl (C=O) groups is 1. The second-order valence-corrected chi connectivity index (χ2v) is 7.57. The molecule has 1 amide bonds. The quantitative estimate of drug-likeness (QED) is 0.433. The van der Waals surface area contributed by atoms with E-state index in [9.17, 15) is 14.0 Å². The predicted molar refractivity (Wildman–Crippen MR) is 120 cm³/mol. The largest absolute Gasteiger partial charge is 0.356 e. The molecule has 0 bridgehead atoms. The molecule has 0 radical (unpaired) electrons. The molecule has 0 atom stereocenters. The van der Waals surface area contributed by atoms with E-state index in [0.29, 0.717) is 29.1 Å². The van der Waals surface area contributed by atoms with Gasteiger partial charge in [-0.2, -0.15) is 5.10 Å². The van der Waals surface area contributed by atoms with E-state index >= 15 is 0 Å². The molecule has 0 fully saturated rings. The molecule has 0 aliphatic rings. The fourth-order valence-electron chi connectivity index (χ4n) is 3.61. The Kier molecular flexibility index (Phi) is 6.39. The van der Waals surface area contributed by atoms with Gasteiger partial charge < -0.3 is 5.32 Å². The molecule has 32 heavy (non-hydrogen) atoms. The number of fused-ring (bicyclic) bond motifs is 1. The SMILES string of the molecule is Cc1nc2c(cnn2-c2ccc(F)cc2)c(=O)n1CCC(=O)NCCCc1ccccc1. The van der Waals surface area contributed by atoms with E-state index in [1.54, 1.807) is 19.1 Å². The van der Waals surface area contributed by atoms with Crippen molar-refractivity contribution in [2.45, 2.75) is 32.7 Å². The van der Waals surface area contributed by atoms with Crippen LogP contribution < -0.4 is 10.9 Å². The molecule has 1 N–H and O–H groups in total. The molecule has 4 rings (SSSR count). The van der Waals surface area contributed by atoms with Crippen molar-refractivity contribution in [2.24, 2.45) is 0 Å². The Morgan fingerprint density at radius 2 is 1.84 bits per heavy atom. The number of hydrogen-bond donors (Lipinski definition) is 1. The first-order valence-electron chi connectivity index (χ1n) is 10.5. The molecule has 164 valence electrons. The van der Waals surface area contributed by atoms with E-state index in [1.807, 2.05) is 18.2 Å². The third-order valence-electron chi connectivity index (χ3n) is 5.32. The number of hydrogen-bond acceptors (Lipinski definition) is 4. The minimum Gasteiger partial charge on any atom is -0.356 e. The Hall–Kier alpha value is -3.81. The number of nitrogens with zero attached hydrogens (tertiary/aromatic N) is 4. The number of aryl methyl sites for hydroxylation is 2. The van der Waals surface area contributed by atoms with Crippen LogP contribution in [0.15, 0.2) is 65.6 Å². The van der Waals surface area contributed by atoms with Crippen molar-refractivity contribution in [1.82, 2.24) is 24.6 Å².